The minimum Gasteiger partial charge on any atom is -0.464 e. The van der Waals surface area contributed by atoms with E-state index < -0.39 is 22.5 Å². The number of hydrogen-bond donors (Lipinski definition) is 1. The Kier molecular flexibility index (Phi) is 4.56. The van der Waals surface area contributed by atoms with Crippen LogP contribution in [0.25, 0.3) is 0 Å². The van der Waals surface area contributed by atoms with Crippen molar-refractivity contribution in [3.8, 4) is 0 Å². The Labute approximate surface area is 135 Å². The molecule has 0 saturated carbocycles. The summed E-state index contributed by atoms with van der Waals surface area (Å²) in [5.74, 6) is -0.631. The number of pyridine rings is 1. The molecule has 2 aromatic rings. The number of rotatable bonds is 4. The van der Waals surface area contributed by atoms with Crippen molar-refractivity contribution in [3.05, 3.63) is 57.2 Å². The molecule has 8 nitrogen and oxygen atoms in total. The Balaban J connectivity index is 2.74. The van der Waals surface area contributed by atoms with Gasteiger partial charge in [-0.05, 0) is 31.2 Å². The van der Waals surface area contributed by atoms with Crippen molar-refractivity contribution in [1.29, 1.82) is 0 Å². The number of ketones is 1. The summed E-state index contributed by atoms with van der Waals surface area (Å²) in [6, 6.07) is 6.39. The maximum atomic E-state index is 11.7. The standard InChI is InChI=1S/C14H10ClN3O5/c1-8(19)10-3-2-6-16-13(10)17(14(20)21)11-5-4-9(15)7-12(11)18(22)23/h2-7H,1H3,(H,20,21). The zero-order chi connectivity index (χ0) is 17.1. The third kappa shape index (κ3) is 3.27. The van der Waals surface area contributed by atoms with Crippen LogP contribution >= 0.6 is 11.6 Å². The Morgan fingerprint density at radius 3 is 2.61 bits per heavy atom. The summed E-state index contributed by atoms with van der Waals surface area (Å²) in [4.78, 5) is 38.2. The molecule has 0 atom stereocenters. The highest BCUT2D eigenvalue weighted by Gasteiger charge is 2.29. The van der Waals surface area contributed by atoms with Crippen molar-refractivity contribution < 1.29 is 19.6 Å². The van der Waals surface area contributed by atoms with Gasteiger partial charge in [0.1, 0.15) is 5.69 Å². The molecule has 1 aromatic carbocycles. The van der Waals surface area contributed by atoms with Gasteiger partial charge in [0.15, 0.2) is 11.6 Å². The molecular formula is C14H10ClN3O5. The molecule has 0 radical (unpaired) electrons. The first-order chi connectivity index (χ1) is 10.8. The van der Waals surface area contributed by atoms with Gasteiger partial charge >= 0.3 is 6.09 Å². The molecule has 1 heterocycles. The summed E-state index contributed by atoms with van der Waals surface area (Å²) < 4.78 is 0. The molecule has 0 spiro atoms. The molecule has 0 bridgehead atoms. The Morgan fingerprint density at radius 1 is 1.35 bits per heavy atom. The number of halogens is 1. The van der Waals surface area contributed by atoms with E-state index in [0.29, 0.717) is 4.90 Å². The first-order valence-electron chi connectivity index (χ1n) is 6.26. The van der Waals surface area contributed by atoms with Crippen LogP contribution in [0.3, 0.4) is 0 Å². The number of carboxylic acid groups (broad SMARTS) is 1. The largest absolute Gasteiger partial charge is 0.464 e. The summed E-state index contributed by atoms with van der Waals surface area (Å²) in [5, 5.41) is 20.8. The maximum Gasteiger partial charge on any atom is 0.417 e. The van der Waals surface area contributed by atoms with E-state index in [1.807, 2.05) is 0 Å². The number of amides is 1. The third-order valence-electron chi connectivity index (χ3n) is 2.94. The van der Waals surface area contributed by atoms with Crippen LogP contribution in [0.1, 0.15) is 17.3 Å². The highest BCUT2D eigenvalue weighted by molar-refractivity contribution is 6.31. The van der Waals surface area contributed by atoms with Gasteiger partial charge in [0.05, 0.1) is 10.5 Å². The number of nitro groups is 1. The van der Waals surface area contributed by atoms with Gasteiger partial charge < -0.3 is 5.11 Å². The van der Waals surface area contributed by atoms with E-state index in [9.17, 15) is 24.8 Å². The molecule has 9 heteroatoms. The van der Waals surface area contributed by atoms with Gasteiger partial charge in [0.25, 0.3) is 5.69 Å². The SMILES string of the molecule is CC(=O)c1cccnc1N(C(=O)O)c1ccc(Cl)cc1[N+](=O)[O-]. The average Bonchev–Trinajstić information content (AvgIpc) is 2.48. The van der Waals surface area contributed by atoms with E-state index in [-0.39, 0.29) is 22.1 Å². The van der Waals surface area contributed by atoms with Crippen LogP contribution in [-0.4, -0.2) is 26.9 Å². The second-order valence-corrected chi connectivity index (χ2v) is 4.88. The van der Waals surface area contributed by atoms with Gasteiger partial charge in [-0.2, -0.15) is 0 Å². The summed E-state index contributed by atoms with van der Waals surface area (Å²) in [5.41, 5.74) is -0.743. The van der Waals surface area contributed by atoms with Crippen LogP contribution in [0.5, 0.6) is 0 Å². The number of carbonyl (C=O) groups excluding carboxylic acids is 1. The molecule has 0 aliphatic carbocycles. The highest BCUT2D eigenvalue weighted by atomic mass is 35.5. The lowest BCUT2D eigenvalue weighted by molar-refractivity contribution is -0.384. The zero-order valence-corrected chi connectivity index (χ0v) is 12.5. The van der Waals surface area contributed by atoms with Gasteiger partial charge in [-0.1, -0.05) is 11.6 Å². The summed E-state index contributed by atoms with van der Waals surface area (Å²) in [6.07, 6.45) is -0.226. The van der Waals surface area contributed by atoms with Crippen LogP contribution in [-0.2, 0) is 0 Å². The van der Waals surface area contributed by atoms with Gasteiger partial charge in [0, 0.05) is 17.3 Å². The van der Waals surface area contributed by atoms with Crippen molar-refractivity contribution in [2.45, 2.75) is 6.92 Å². The highest BCUT2D eigenvalue weighted by Crippen LogP contribution is 2.36. The number of nitrogens with zero attached hydrogens (tertiary/aromatic N) is 3. The predicted octanol–water partition coefficient (Wildman–Crippen LogP) is 3.66. The van der Waals surface area contributed by atoms with Crippen LogP contribution in [0.2, 0.25) is 5.02 Å². The van der Waals surface area contributed by atoms with E-state index >= 15 is 0 Å². The van der Waals surface area contributed by atoms with E-state index in [2.05, 4.69) is 4.98 Å². The minimum atomic E-state index is -1.52. The van der Waals surface area contributed by atoms with E-state index in [1.54, 1.807) is 0 Å². The fraction of sp³-hybridized carbons (Fsp3) is 0.0714. The quantitative estimate of drug-likeness (QED) is 0.518. The van der Waals surface area contributed by atoms with Crippen LogP contribution in [0.4, 0.5) is 22.0 Å². The van der Waals surface area contributed by atoms with Crippen LogP contribution < -0.4 is 4.90 Å². The fourth-order valence-electron chi connectivity index (χ4n) is 1.99. The Hall–Kier alpha value is -3.00. The minimum absolute atomic E-state index is 0.0270. The van der Waals surface area contributed by atoms with Crippen LogP contribution in [0.15, 0.2) is 36.5 Å². The first kappa shape index (κ1) is 16.4. The summed E-state index contributed by atoms with van der Waals surface area (Å²) >= 11 is 5.73. The van der Waals surface area contributed by atoms with Crippen LogP contribution in [0, 0.1) is 10.1 Å². The van der Waals surface area contributed by atoms with E-state index in [0.717, 1.165) is 6.07 Å². The molecule has 0 saturated heterocycles. The van der Waals surface area contributed by atoms with E-state index in [4.69, 9.17) is 11.6 Å². The fourth-order valence-corrected chi connectivity index (χ4v) is 2.16. The smallest absolute Gasteiger partial charge is 0.417 e. The third-order valence-corrected chi connectivity index (χ3v) is 3.18. The van der Waals surface area contributed by atoms with Gasteiger partial charge in [0.2, 0.25) is 0 Å². The molecule has 0 aliphatic rings. The molecule has 2 rings (SSSR count). The Bertz CT molecular complexity index is 809. The number of carbonyl (C=O) groups is 2. The number of aromatic nitrogens is 1. The van der Waals surface area contributed by atoms with Crippen molar-refractivity contribution in [3.63, 3.8) is 0 Å². The second-order valence-electron chi connectivity index (χ2n) is 4.44. The molecule has 118 valence electrons. The molecule has 1 aromatic heterocycles. The van der Waals surface area contributed by atoms with Crippen molar-refractivity contribution in [2.24, 2.45) is 0 Å². The lowest BCUT2D eigenvalue weighted by Crippen LogP contribution is -2.27. The second kappa shape index (κ2) is 6.41. The molecule has 0 aliphatic heterocycles. The van der Waals surface area contributed by atoms with Crippen molar-refractivity contribution in [1.82, 2.24) is 4.98 Å². The zero-order valence-electron chi connectivity index (χ0n) is 11.8. The molecule has 1 N–H and O–H groups in total. The predicted molar refractivity (Wildman–Crippen MR) is 82.5 cm³/mol. The molecule has 0 fully saturated rings. The van der Waals surface area contributed by atoms with E-state index in [1.165, 1.54) is 37.4 Å². The lowest BCUT2D eigenvalue weighted by atomic mass is 10.1. The Morgan fingerprint density at radius 2 is 2.04 bits per heavy atom. The van der Waals surface area contributed by atoms with Gasteiger partial charge in [-0.15, -0.1) is 0 Å². The number of Topliss-reactive ketones (excluding diaryl/α,β-unsaturated/α-hetero) is 1. The van der Waals surface area contributed by atoms with Crippen molar-refractivity contribution in [2.75, 3.05) is 4.90 Å². The summed E-state index contributed by atoms with van der Waals surface area (Å²) in [6.45, 7) is 1.25. The number of hydrogen-bond acceptors (Lipinski definition) is 5. The summed E-state index contributed by atoms with van der Waals surface area (Å²) in [7, 11) is 0. The molecule has 23 heavy (non-hydrogen) atoms. The first-order valence-corrected chi connectivity index (χ1v) is 6.63. The topological polar surface area (TPSA) is 114 Å². The maximum absolute atomic E-state index is 11.7. The average molecular weight is 336 g/mol. The van der Waals surface area contributed by atoms with Gasteiger partial charge in [-0.3, -0.25) is 14.9 Å². The number of benzene rings is 1. The van der Waals surface area contributed by atoms with Crippen molar-refractivity contribution >= 4 is 40.7 Å². The molecular weight excluding hydrogens is 326 g/mol. The normalized spacial score (nSPS) is 10.2. The molecule has 0 unspecified atom stereocenters. The number of nitro benzene ring substituents is 1. The lowest BCUT2D eigenvalue weighted by Gasteiger charge is -2.20. The molecule has 1 amide bonds. The number of anilines is 2. The van der Waals surface area contributed by atoms with Gasteiger partial charge in [-0.25, -0.2) is 14.7 Å². The monoisotopic (exact) mass is 335 g/mol.